The highest BCUT2D eigenvalue weighted by atomic mass is 16.7. The number of nitrogens with zero attached hydrogens (tertiary/aromatic N) is 2. The maximum atomic E-state index is 12.8. The number of aromatic amines is 1. The Morgan fingerprint density at radius 1 is 1.05 bits per heavy atom. The number of ether oxygens (including phenoxy) is 4. The monoisotopic (exact) mass is 577 g/mol. The van der Waals surface area contributed by atoms with Gasteiger partial charge in [0.05, 0.1) is 16.7 Å². The normalized spacial score (nSPS) is 22.0. The van der Waals surface area contributed by atoms with Crippen LogP contribution in [-0.2, 0) is 14.2 Å². The van der Waals surface area contributed by atoms with Gasteiger partial charge in [0, 0.05) is 18.4 Å². The number of nitrogens with one attached hydrogen (secondary N) is 1. The van der Waals surface area contributed by atoms with Crippen LogP contribution in [0.1, 0.15) is 35.6 Å². The third-order valence-electron chi connectivity index (χ3n) is 7.06. The number of esters is 1. The molecule has 12 heteroatoms. The summed E-state index contributed by atoms with van der Waals surface area (Å²) in [6, 6.07) is 15.1. The molecule has 12 nitrogen and oxygen atoms in total. The van der Waals surface area contributed by atoms with Crippen LogP contribution in [0.5, 0.6) is 11.5 Å². The lowest BCUT2D eigenvalue weighted by molar-refractivity contribution is -0.305. The number of carbonyl (C=O) groups excluding carboxylic acids is 1. The van der Waals surface area contributed by atoms with E-state index < -0.39 is 47.5 Å². The van der Waals surface area contributed by atoms with E-state index in [1.54, 1.807) is 64.1 Å². The van der Waals surface area contributed by atoms with E-state index in [1.165, 1.54) is 19.2 Å². The molecule has 220 valence electrons. The molecular weight excluding hydrogens is 546 g/mol. The van der Waals surface area contributed by atoms with E-state index in [-0.39, 0.29) is 28.1 Å². The van der Waals surface area contributed by atoms with Crippen molar-refractivity contribution in [1.82, 2.24) is 4.98 Å². The van der Waals surface area contributed by atoms with Crippen molar-refractivity contribution >= 4 is 28.3 Å². The first-order valence-corrected chi connectivity index (χ1v) is 13.2. The van der Waals surface area contributed by atoms with Crippen LogP contribution in [0.2, 0.25) is 0 Å². The number of methoxy groups -OCH3 is 1. The summed E-state index contributed by atoms with van der Waals surface area (Å²) in [5.41, 5.74) is -0.405. The Balaban J connectivity index is 1.44. The molecule has 0 spiro atoms. The van der Waals surface area contributed by atoms with Gasteiger partial charge in [-0.3, -0.25) is 0 Å². The van der Waals surface area contributed by atoms with E-state index >= 15 is 0 Å². The molecule has 1 aliphatic heterocycles. The Labute approximate surface area is 240 Å². The van der Waals surface area contributed by atoms with Gasteiger partial charge < -0.3 is 38.6 Å². The summed E-state index contributed by atoms with van der Waals surface area (Å²) in [5, 5.41) is 30.2. The molecule has 4 atom stereocenters. The summed E-state index contributed by atoms with van der Waals surface area (Å²) in [6.07, 6.45) is -4.74. The van der Waals surface area contributed by atoms with Crippen molar-refractivity contribution in [2.45, 2.75) is 57.9 Å². The minimum atomic E-state index is -1.46. The van der Waals surface area contributed by atoms with Crippen LogP contribution < -0.4 is 10.4 Å². The number of aromatic hydroxyl groups is 1. The van der Waals surface area contributed by atoms with Crippen molar-refractivity contribution in [3.05, 3.63) is 82.0 Å². The third kappa shape index (κ3) is 5.51. The lowest BCUT2D eigenvalue weighted by Gasteiger charge is -2.47. The van der Waals surface area contributed by atoms with Gasteiger partial charge in [0.2, 0.25) is 12.0 Å². The molecule has 0 aliphatic carbocycles. The highest BCUT2D eigenvalue weighted by Crippen LogP contribution is 2.39. The third-order valence-corrected chi connectivity index (χ3v) is 7.06. The Morgan fingerprint density at radius 3 is 2.45 bits per heavy atom. The number of aliphatic hydroxyl groups is 1. The first kappa shape index (κ1) is 29.0. The lowest BCUT2D eigenvalue weighted by atomic mass is 9.89. The summed E-state index contributed by atoms with van der Waals surface area (Å²) in [5.74, 6) is -0.880. The molecule has 0 amide bonds. The minimum Gasteiger partial charge on any atom is -0.505 e. The molecule has 1 aliphatic rings. The summed E-state index contributed by atoms with van der Waals surface area (Å²) in [4.78, 5) is 28.5. The Hall–Kier alpha value is -4.52. The molecular formula is C30H31N3O9. The van der Waals surface area contributed by atoms with Gasteiger partial charge >= 0.3 is 11.6 Å². The van der Waals surface area contributed by atoms with Gasteiger partial charge in [0.25, 0.3) is 0 Å². The smallest absolute Gasteiger partial charge is 0.368 e. The van der Waals surface area contributed by atoms with E-state index in [0.29, 0.717) is 11.3 Å². The summed E-state index contributed by atoms with van der Waals surface area (Å²) >= 11 is 0. The molecule has 42 heavy (non-hydrogen) atoms. The number of azo groups is 1. The molecule has 5 rings (SSSR count). The minimum absolute atomic E-state index is 0.0538. The molecule has 2 aromatic carbocycles. The van der Waals surface area contributed by atoms with Gasteiger partial charge in [-0.05, 0) is 64.1 Å². The predicted octanol–water partition coefficient (Wildman–Crippen LogP) is 4.97. The average molecular weight is 578 g/mol. The Bertz CT molecular complexity index is 1690. The highest BCUT2D eigenvalue weighted by Gasteiger charge is 2.53. The zero-order valence-corrected chi connectivity index (χ0v) is 23.7. The van der Waals surface area contributed by atoms with Crippen LogP contribution in [-0.4, -0.2) is 58.5 Å². The largest absolute Gasteiger partial charge is 0.505 e. The number of carbonyl (C=O) groups is 1. The standard InChI is InChI=1S/C30H31N3O9/c1-15-11-13-19(31-15)27(36)41-25-23(35)29(42-30(3,4)26(25)38-5)39-20-14-12-18-22(34)21(28(37)40-24(18)16(20)2)33-32-17-9-7-6-8-10-17/h6-14,23,25-26,29,31,34-35H,1-5H3. The van der Waals surface area contributed by atoms with Gasteiger partial charge in [-0.1, -0.05) is 18.2 Å². The highest BCUT2D eigenvalue weighted by molar-refractivity contribution is 5.90. The van der Waals surface area contributed by atoms with Gasteiger partial charge in [-0.15, -0.1) is 5.11 Å². The van der Waals surface area contributed by atoms with Crippen LogP contribution in [0.15, 0.2) is 74.0 Å². The zero-order chi connectivity index (χ0) is 30.2. The second-order valence-electron chi connectivity index (χ2n) is 10.5. The van der Waals surface area contributed by atoms with Gasteiger partial charge in [-0.25, -0.2) is 9.59 Å². The second kappa shape index (κ2) is 11.4. The maximum absolute atomic E-state index is 12.8. The van der Waals surface area contributed by atoms with Gasteiger partial charge in [0.15, 0.2) is 18.0 Å². The Morgan fingerprint density at radius 2 is 1.79 bits per heavy atom. The molecule has 0 radical (unpaired) electrons. The number of benzene rings is 2. The van der Waals surface area contributed by atoms with Crippen LogP contribution in [0.25, 0.3) is 11.0 Å². The molecule has 0 saturated carbocycles. The van der Waals surface area contributed by atoms with Gasteiger partial charge in [0.1, 0.15) is 23.1 Å². The number of aliphatic hydroxyl groups excluding tert-OH is 1. The summed E-state index contributed by atoms with van der Waals surface area (Å²) in [6.45, 7) is 6.86. The number of aryl methyl sites for hydroxylation is 2. The number of hydrogen-bond acceptors (Lipinski definition) is 11. The molecule has 4 aromatic rings. The SMILES string of the molecule is COC1C(OC(=O)c2ccc(C)[nH]2)C(O)C(Oc2ccc3c(O)c(N=Nc4ccccc4)c(=O)oc3c2C)OC1(C)C. The van der Waals surface area contributed by atoms with E-state index in [1.807, 2.05) is 6.07 Å². The summed E-state index contributed by atoms with van der Waals surface area (Å²) < 4.78 is 28.9. The number of rotatable bonds is 7. The first-order chi connectivity index (χ1) is 20.0. The number of fused-ring (bicyclic) bond motifs is 1. The zero-order valence-electron chi connectivity index (χ0n) is 23.7. The van der Waals surface area contributed by atoms with E-state index in [0.717, 1.165) is 5.69 Å². The molecule has 3 N–H and O–H groups in total. The van der Waals surface area contributed by atoms with E-state index in [2.05, 4.69) is 15.2 Å². The number of hydrogen-bond donors (Lipinski definition) is 3. The number of aromatic nitrogens is 1. The second-order valence-corrected chi connectivity index (χ2v) is 10.5. The van der Waals surface area contributed by atoms with Gasteiger partial charge in [-0.2, -0.15) is 5.11 Å². The van der Waals surface area contributed by atoms with Crippen molar-refractivity contribution in [1.29, 1.82) is 0 Å². The molecule has 1 fully saturated rings. The fourth-order valence-corrected chi connectivity index (χ4v) is 4.92. The molecule has 2 aromatic heterocycles. The van der Waals surface area contributed by atoms with Crippen molar-refractivity contribution in [2.75, 3.05) is 7.11 Å². The first-order valence-electron chi connectivity index (χ1n) is 13.2. The number of H-pyrrole nitrogens is 1. The molecule has 0 bridgehead atoms. The lowest BCUT2D eigenvalue weighted by Crippen LogP contribution is -2.65. The fraction of sp³-hybridized carbons (Fsp3) is 0.333. The van der Waals surface area contributed by atoms with E-state index in [9.17, 15) is 19.8 Å². The topological polar surface area (TPSA) is 165 Å². The van der Waals surface area contributed by atoms with Crippen LogP contribution in [0.3, 0.4) is 0 Å². The Kier molecular flexibility index (Phi) is 7.87. The van der Waals surface area contributed by atoms with E-state index in [4.69, 9.17) is 23.4 Å². The molecule has 1 saturated heterocycles. The van der Waals surface area contributed by atoms with Crippen molar-refractivity contribution in [2.24, 2.45) is 10.2 Å². The van der Waals surface area contributed by atoms with Crippen LogP contribution in [0.4, 0.5) is 11.4 Å². The van der Waals surface area contributed by atoms with Crippen molar-refractivity contribution in [3.8, 4) is 11.5 Å². The van der Waals surface area contributed by atoms with Crippen LogP contribution >= 0.6 is 0 Å². The van der Waals surface area contributed by atoms with Crippen molar-refractivity contribution in [3.63, 3.8) is 0 Å². The quantitative estimate of drug-likeness (QED) is 0.156. The predicted molar refractivity (Wildman–Crippen MR) is 151 cm³/mol. The molecule has 3 heterocycles. The fourth-order valence-electron chi connectivity index (χ4n) is 4.92. The summed E-state index contributed by atoms with van der Waals surface area (Å²) in [7, 11) is 1.43. The van der Waals surface area contributed by atoms with Crippen molar-refractivity contribution < 1.29 is 38.4 Å². The molecule has 4 unspecified atom stereocenters. The van der Waals surface area contributed by atoms with Crippen LogP contribution in [0, 0.1) is 13.8 Å². The maximum Gasteiger partial charge on any atom is 0.368 e. The average Bonchev–Trinajstić information content (AvgIpc) is 3.40.